The molecule has 0 unspecified atom stereocenters. The van der Waals surface area contributed by atoms with Crippen LogP contribution in [0.25, 0.3) is 10.9 Å². The number of primary amides is 1. The Morgan fingerprint density at radius 3 is 2.78 bits per heavy atom. The Kier molecular flexibility index (Phi) is 2.58. The Morgan fingerprint density at radius 2 is 2.06 bits per heavy atom. The molecule has 1 amide bonds. The van der Waals surface area contributed by atoms with E-state index in [1.54, 1.807) is 6.20 Å². The van der Waals surface area contributed by atoms with Crippen molar-refractivity contribution < 1.29 is 4.79 Å². The first-order valence-electron chi connectivity index (χ1n) is 6.46. The number of carbonyl (C=O) groups excluding carboxylic acids is 1. The number of H-pyrrole nitrogens is 1. The number of nitrogens with one attached hydrogen (secondary N) is 1. The summed E-state index contributed by atoms with van der Waals surface area (Å²) in [6, 6.07) is 6.04. The summed E-state index contributed by atoms with van der Waals surface area (Å²) in [5.41, 5.74) is 7.26. The second-order valence-electron chi connectivity index (χ2n) is 5.18. The Balaban J connectivity index is 2.11. The maximum atomic E-state index is 11.9. The van der Waals surface area contributed by atoms with Crippen molar-refractivity contribution in [2.75, 3.05) is 0 Å². The molecule has 1 aliphatic carbocycles. The van der Waals surface area contributed by atoms with E-state index in [2.05, 4.69) is 16.3 Å². The monoisotopic (exact) mass is 243 g/mol. The van der Waals surface area contributed by atoms with Crippen LogP contribution in [0.5, 0.6) is 0 Å². The van der Waals surface area contributed by atoms with E-state index in [1.807, 2.05) is 12.1 Å². The lowest BCUT2D eigenvalue weighted by Crippen LogP contribution is -2.42. The van der Waals surface area contributed by atoms with Crippen LogP contribution < -0.4 is 5.73 Å². The predicted octanol–water partition coefficient (Wildman–Crippen LogP) is 2.25. The van der Waals surface area contributed by atoms with Crippen LogP contribution in [0.2, 0.25) is 0 Å². The van der Waals surface area contributed by atoms with Crippen molar-refractivity contribution >= 4 is 16.8 Å². The normalized spacial score (nSPS) is 18.9. The van der Waals surface area contributed by atoms with Gasteiger partial charge in [0.1, 0.15) is 0 Å². The van der Waals surface area contributed by atoms with Crippen molar-refractivity contribution in [2.24, 2.45) is 5.73 Å². The van der Waals surface area contributed by atoms with Gasteiger partial charge in [0, 0.05) is 5.39 Å². The number of aromatic nitrogens is 2. The fourth-order valence-corrected chi connectivity index (χ4v) is 3.07. The molecule has 1 aliphatic rings. The number of fused-ring (bicyclic) bond motifs is 1. The first kappa shape index (κ1) is 11.3. The van der Waals surface area contributed by atoms with Gasteiger partial charge in [-0.25, -0.2) is 0 Å². The highest BCUT2D eigenvalue weighted by Gasteiger charge is 2.39. The zero-order valence-electron chi connectivity index (χ0n) is 10.3. The van der Waals surface area contributed by atoms with Crippen LogP contribution in [-0.4, -0.2) is 16.1 Å². The van der Waals surface area contributed by atoms with Gasteiger partial charge in [0.05, 0.1) is 17.1 Å². The summed E-state index contributed by atoms with van der Waals surface area (Å²) in [5, 5.41) is 7.98. The summed E-state index contributed by atoms with van der Waals surface area (Å²) < 4.78 is 0. The smallest absolute Gasteiger partial charge is 0.228 e. The summed E-state index contributed by atoms with van der Waals surface area (Å²) in [5.74, 6) is -0.190. The molecule has 1 heterocycles. The number of nitrogens with two attached hydrogens (primary N) is 1. The third-order valence-electron chi connectivity index (χ3n) is 4.17. The van der Waals surface area contributed by atoms with Gasteiger partial charge in [-0.15, -0.1) is 0 Å². The fraction of sp³-hybridized carbons (Fsp3) is 0.429. The molecule has 1 saturated carbocycles. The van der Waals surface area contributed by atoms with Crippen molar-refractivity contribution in [3.05, 3.63) is 30.0 Å². The predicted molar refractivity (Wildman–Crippen MR) is 70.1 cm³/mol. The molecule has 0 spiro atoms. The lowest BCUT2D eigenvalue weighted by molar-refractivity contribution is -0.124. The van der Waals surface area contributed by atoms with Crippen molar-refractivity contribution in [3.8, 4) is 0 Å². The number of aromatic amines is 1. The number of nitrogens with zero attached hydrogens (tertiary/aromatic N) is 1. The second kappa shape index (κ2) is 4.12. The molecule has 94 valence electrons. The van der Waals surface area contributed by atoms with Crippen LogP contribution in [0.4, 0.5) is 0 Å². The van der Waals surface area contributed by atoms with Crippen LogP contribution in [0.15, 0.2) is 24.4 Å². The van der Waals surface area contributed by atoms with Crippen LogP contribution in [0.1, 0.15) is 37.7 Å². The summed E-state index contributed by atoms with van der Waals surface area (Å²) >= 11 is 0. The van der Waals surface area contributed by atoms with Gasteiger partial charge in [-0.05, 0) is 30.5 Å². The number of carbonyl (C=O) groups is 1. The van der Waals surface area contributed by atoms with E-state index in [0.29, 0.717) is 0 Å². The zero-order chi connectivity index (χ0) is 12.6. The molecule has 0 radical (unpaired) electrons. The molecule has 0 bridgehead atoms. The molecule has 3 rings (SSSR count). The minimum Gasteiger partial charge on any atom is -0.369 e. The van der Waals surface area contributed by atoms with Gasteiger partial charge >= 0.3 is 0 Å². The summed E-state index contributed by atoms with van der Waals surface area (Å²) in [4.78, 5) is 11.9. The van der Waals surface area contributed by atoms with E-state index in [4.69, 9.17) is 5.73 Å². The highest BCUT2D eigenvalue weighted by molar-refractivity contribution is 5.89. The summed E-state index contributed by atoms with van der Waals surface area (Å²) in [7, 11) is 0. The largest absolute Gasteiger partial charge is 0.369 e. The van der Waals surface area contributed by atoms with Gasteiger partial charge in [-0.1, -0.05) is 25.3 Å². The van der Waals surface area contributed by atoms with E-state index in [9.17, 15) is 4.79 Å². The molecule has 2 aromatic rings. The Hall–Kier alpha value is -1.84. The molecule has 18 heavy (non-hydrogen) atoms. The van der Waals surface area contributed by atoms with Crippen LogP contribution in [0.3, 0.4) is 0 Å². The van der Waals surface area contributed by atoms with Crippen LogP contribution in [0, 0.1) is 0 Å². The molecule has 0 aliphatic heterocycles. The molecule has 1 aromatic carbocycles. The van der Waals surface area contributed by atoms with Crippen molar-refractivity contribution in [2.45, 2.75) is 37.5 Å². The van der Waals surface area contributed by atoms with E-state index < -0.39 is 5.41 Å². The Labute approximate surface area is 106 Å². The number of rotatable bonds is 2. The number of hydrogen-bond acceptors (Lipinski definition) is 2. The molecule has 0 saturated heterocycles. The van der Waals surface area contributed by atoms with Gasteiger partial charge in [-0.3, -0.25) is 9.89 Å². The molecule has 0 atom stereocenters. The summed E-state index contributed by atoms with van der Waals surface area (Å²) in [6.07, 6.45) is 6.87. The standard InChI is InChI=1S/C14H17N3O/c15-13(18)14(6-2-1-3-7-14)11-4-5-12-10(8-11)9-16-17-12/h4-5,8-9H,1-3,6-7H2,(H2,15,18)(H,16,17). The van der Waals surface area contributed by atoms with E-state index in [0.717, 1.165) is 42.1 Å². The van der Waals surface area contributed by atoms with Crippen LogP contribution >= 0.6 is 0 Å². The molecule has 1 aromatic heterocycles. The number of hydrogen-bond donors (Lipinski definition) is 2. The maximum absolute atomic E-state index is 11.9. The first-order valence-corrected chi connectivity index (χ1v) is 6.46. The molecule has 4 nitrogen and oxygen atoms in total. The third-order valence-corrected chi connectivity index (χ3v) is 4.17. The van der Waals surface area contributed by atoms with Gasteiger partial charge in [-0.2, -0.15) is 5.10 Å². The lowest BCUT2D eigenvalue weighted by atomic mass is 9.69. The molecule has 1 fully saturated rings. The van der Waals surface area contributed by atoms with Crippen molar-refractivity contribution in [3.63, 3.8) is 0 Å². The van der Waals surface area contributed by atoms with Gasteiger partial charge in [0.2, 0.25) is 5.91 Å². The third kappa shape index (κ3) is 1.60. The second-order valence-corrected chi connectivity index (χ2v) is 5.18. The van der Waals surface area contributed by atoms with Gasteiger partial charge in [0.15, 0.2) is 0 Å². The van der Waals surface area contributed by atoms with Gasteiger partial charge < -0.3 is 5.73 Å². The lowest BCUT2D eigenvalue weighted by Gasteiger charge is -2.34. The zero-order valence-corrected chi connectivity index (χ0v) is 10.3. The fourth-order valence-electron chi connectivity index (χ4n) is 3.07. The first-order chi connectivity index (χ1) is 8.72. The number of benzene rings is 1. The average Bonchev–Trinajstić information content (AvgIpc) is 2.86. The molecular formula is C14H17N3O. The summed E-state index contributed by atoms with van der Waals surface area (Å²) in [6.45, 7) is 0. The van der Waals surface area contributed by atoms with E-state index in [1.165, 1.54) is 6.42 Å². The minimum atomic E-state index is -0.469. The molecule has 3 N–H and O–H groups in total. The highest BCUT2D eigenvalue weighted by Crippen LogP contribution is 2.40. The maximum Gasteiger partial charge on any atom is 0.228 e. The highest BCUT2D eigenvalue weighted by atomic mass is 16.1. The SMILES string of the molecule is NC(=O)C1(c2ccc3[nH]ncc3c2)CCCCC1. The van der Waals surface area contributed by atoms with Crippen LogP contribution in [-0.2, 0) is 10.2 Å². The molecular weight excluding hydrogens is 226 g/mol. The van der Waals surface area contributed by atoms with E-state index >= 15 is 0 Å². The quantitative estimate of drug-likeness (QED) is 0.849. The Morgan fingerprint density at radius 1 is 1.28 bits per heavy atom. The van der Waals surface area contributed by atoms with Crippen molar-refractivity contribution in [1.82, 2.24) is 10.2 Å². The Bertz CT molecular complexity index is 581. The topological polar surface area (TPSA) is 71.8 Å². The van der Waals surface area contributed by atoms with Crippen molar-refractivity contribution in [1.29, 1.82) is 0 Å². The average molecular weight is 243 g/mol. The number of amides is 1. The molecule has 4 heteroatoms. The van der Waals surface area contributed by atoms with Gasteiger partial charge in [0.25, 0.3) is 0 Å². The minimum absolute atomic E-state index is 0.190. The van der Waals surface area contributed by atoms with E-state index in [-0.39, 0.29) is 5.91 Å².